The Kier molecular flexibility index (Phi) is 2.78. The second-order valence-corrected chi connectivity index (χ2v) is 3.25. The first-order valence-corrected chi connectivity index (χ1v) is 4.57. The zero-order valence-corrected chi connectivity index (χ0v) is 7.98. The molecule has 0 fully saturated rings. The van der Waals surface area contributed by atoms with Crippen LogP contribution in [0.2, 0.25) is 0 Å². The van der Waals surface area contributed by atoms with Gasteiger partial charge in [0.05, 0.1) is 12.3 Å². The van der Waals surface area contributed by atoms with E-state index in [4.69, 9.17) is 9.63 Å². The molecule has 78 valence electrons. The Hall–Kier alpha value is -1.68. The monoisotopic (exact) mass is 207 g/mol. The summed E-state index contributed by atoms with van der Waals surface area (Å²) in [6, 6.07) is 6.17. The lowest BCUT2D eigenvalue weighted by atomic mass is 10.1. The van der Waals surface area contributed by atoms with Gasteiger partial charge in [0.15, 0.2) is 0 Å². The number of rotatable bonds is 3. The average Bonchev–Trinajstić information content (AvgIpc) is 2.69. The maximum Gasteiger partial charge on any atom is 0.129 e. The predicted molar refractivity (Wildman–Crippen MR) is 51.6 cm³/mol. The normalized spacial score (nSPS) is 10.5. The molecule has 2 rings (SSSR count). The largest absolute Gasteiger partial charge is 0.391 e. The van der Waals surface area contributed by atoms with Crippen LogP contribution in [0, 0.1) is 5.82 Å². The molecule has 3 nitrogen and oxygen atoms in total. The second kappa shape index (κ2) is 4.23. The summed E-state index contributed by atoms with van der Waals surface area (Å²) in [6.45, 7) is -0.0972. The lowest BCUT2D eigenvalue weighted by Gasteiger charge is -1.99. The highest BCUT2D eigenvalue weighted by Crippen LogP contribution is 2.13. The van der Waals surface area contributed by atoms with Gasteiger partial charge in [0.1, 0.15) is 12.1 Å². The summed E-state index contributed by atoms with van der Waals surface area (Å²) < 4.78 is 17.4. The number of hydrogen-bond donors (Lipinski definition) is 1. The predicted octanol–water partition coefficient (Wildman–Crippen LogP) is 1.90. The molecule has 0 aliphatic rings. The molecule has 1 aromatic heterocycles. The summed E-state index contributed by atoms with van der Waals surface area (Å²) in [5.74, 6) is -0.263. The molecule has 1 aromatic carbocycles. The third-order valence-corrected chi connectivity index (χ3v) is 2.18. The van der Waals surface area contributed by atoms with Crippen molar-refractivity contribution in [1.29, 1.82) is 0 Å². The first kappa shape index (κ1) is 9.86. The van der Waals surface area contributed by atoms with Crippen LogP contribution in [0.25, 0.3) is 0 Å². The third-order valence-electron chi connectivity index (χ3n) is 2.18. The van der Waals surface area contributed by atoms with Crippen molar-refractivity contribution in [3.05, 3.63) is 53.2 Å². The van der Waals surface area contributed by atoms with Crippen molar-refractivity contribution >= 4 is 0 Å². The number of nitrogens with zero attached hydrogens (tertiary/aromatic N) is 1. The fourth-order valence-electron chi connectivity index (χ4n) is 1.35. The highest BCUT2D eigenvalue weighted by Gasteiger charge is 2.07. The number of aromatic nitrogens is 1. The number of hydrogen-bond acceptors (Lipinski definition) is 3. The van der Waals surface area contributed by atoms with Crippen LogP contribution in [0.3, 0.4) is 0 Å². The molecule has 0 atom stereocenters. The van der Waals surface area contributed by atoms with Gasteiger partial charge >= 0.3 is 0 Å². The van der Waals surface area contributed by atoms with Crippen molar-refractivity contribution in [1.82, 2.24) is 5.16 Å². The minimum Gasteiger partial charge on any atom is -0.391 e. The smallest absolute Gasteiger partial charge is 0.129 e. The fraction of sp³-hybridized carbons (Fsp3) is 0.182. The summed E-state index contributed by atoms with van der Waals surface area (Å²) in [6.07, 6.45) is 1.95. The van der Waals surface area contributed by atoms with E-state index in [0.717, 1.165) is 5.56 Å². The standard InChI is InChI=1S/C11H10FNO2/c12-10-3-1-8(2-4-10)5-11-9(6-14)7-15-13-11/h1-4,7,14H,5-6H2. The molecule has 0 aliphatic heterocycles. The summed E-state index contributed by atoms with van der Waals surface area (Å²) in [7, 11) is 0. The van der Waals surface area contributed by atoms with Gasteiger partial charge in [-0.15, -0.1) is 0 Å². The van der Waals surface area contributed by atoms with E-state index in [2.05, 4.69) is 5.16 Å². The maximum absolute atomic E-state index is 12.6. The molecule has 0 aliphatic carbocycles. The van der Waals surface area contributed by atoms with Crippen LogP contribution in [0.4, 0.5) is 4.39 Å². The van der Waals surface area contributed by atoms with E-state index < -0.39 is 0 Å². The van der Waals surface area contributed by atoms with E-state index in [0.29, 0.717) is 17.7 Å². The third kappa shape index (κ3) is 2.22. The summed E-state index contributed by atoms with van der Waals surface area (Å²) in [5, 5.41) is 12.7. The molecule has 0 bridgehead atoms. The quantitative estimate of drug-likeness (QED) is 0.836. The Bertz CT molecular complexity index is 436. The molecule has 0 radical (unpaired) electrons. The second-order valence-electron chi connectivity index (χ2n) is 3.25. The topological polar surface area (TPSA) is 46.3 Å². The minimum atomic E-state index is -0.263. The molecule has 2 aromatic rings. The van der Waals surface area contributed by atoms with E-state index in [1.54, 1.807) is 12.1 Å². The lowest BCUT2D eigenvalue weighted by molar-refractivity contribution is 0.279. The van der Waals surface area contributed by atoms with Gasteiger partial charge in [-0.1, -0.05) is 17.3 Å². The number of benzene rings is 1. The molecular weight excluding hydrogens is 197 g/mol. The van der Waals surface area contributed by atoms with Gasteiger partial charge in [0, 0.05) is 12.0 Å². The first-order chi connectivity index (χ1) is 7.29. The molecule has 0 saturated carbocycles. The van der Waals surface area contributed by atoms with Gasteiger partial charge in [-0.25, -0.2) is 4.39 Å². The molecule has 0 amide bonds. The van der Waals surface area contributed by atoms with Crippen molar-refractivity contribution in [2.24, 2.45) is 0 Å². The minimum absolute atomic E-state index is 0.0972. The molecule has 15 heavy (non-hydrogen) atoms. The Morgan fingerprint density at radius 2 is 2.00 bits per heavy atom. The van der Waals surface area contributed by atoms with Crippen LogP contribution in [-0.4, -0.2) is 10.3 Å². The highest BCUT2D eigenvalue weighted by atomic mass is 19.1. The Morgan fingerprint density at radius 3 is 2.67 bits per heavy atom. The van der Waals surface area contributed by atoms with Crippen molar-refractivity contribution < 1.29 is 14.0 Å². The van der Waals surface area contributed by atoms with Crippen LogP contribution in [0.5, 0.6) is 0 Å². The van der Waals surface area contributed by atoms with Crippen molar-refractivity contribution in [3.8, 4) is 0 Å². The molecule has 1 N–H and O–H groups in total. The number of halogens is 1. The number of aliphatic hydroxyl groups is 1. The first-order valence-electron chi connectivity index (χ1n) is 4.57. The van der Waals surface area contributed by atoms with Crippen LogP contribution in [0.1, 0.15) is 16.8 Å². The zero-order chi connectivity index (χ0) is 10.7. The van der Waals surface area contributed by atoms with Crippen LogP contribution in [-0.2, 0) is 13.0 Å². The van der Waals surface area contributed by atoms with Crippen LogP contribution >= 0.6 is 0 Å². The fourth-order valence-corrected chi connectivity index (χ4v) is 1.35. The Balaban J connectivity index is 2.18. The Morgan fingerprint density at radius 1 is 1.27 bits per heavy atom. The van der Waals surface area contributed by atoms with Crippen LogP contribution < -0.4 is 0 Å². The van der Waals surface area contributed by atoms with Crippen molar-refractivity contribution in [2.45, 2.75) is 13.0 Å². The summed E-state index contributed by atoms with van der Waals surface area (Å²) >= 11 is 0. The lowest BCUT2D eigenvalue weighted by Crippen LogP contribution is -1.93. The van der Waals surface area contributed by atoms with E-state index in [1.807, 2.05) is 0 Å². The maximum atomic E-state index is 12.6. The molecule has 0 unspecified atom stereocenters. The molecule has 0 saturated heterocycles. The van der Waals surface area contributed by atoms with E-state index in [-0.39, 0.29) is 12.4 Å². The zero-order valence-electron chi connectivity index (χ0n) is 7.98. The molecular formula is C11H10FNO2. The Labute approximate surface area is 86.1 Å². The van der Waals surface area contributed by atoms with Gasteiger partial charge in [-0.05, 0) is 17.7 Å². The van der Waals surface area contributed by atoms with E-state index >= 15 is 0 Å². The van der Waals surface area contributed by atoms with Gasteiger partial charge < -0.3 is 9.63 Å². The van der Waals surface area contributed by atoms with Crippen molar-refractivity contribution in [3.63, 3.8) is 0 Å². The molecule has 1 heterocycles. The average molecular weight is 207 g/mol. The van der Waals surface area contributed by atoms with Gasteiger partial charge in [0.2, 0.25) is 0 Å². The SMILES string of the molecule is OCc1conc1Cc1ccc(F)cc1. The van der Waals surface area contributed by atoms with Crippen LogP contribution in [0.15, 0.2) is 35.1 Å². The van der Waals surface area contributed by atoms with Crippen molar-refractivity contribution in [2.75, 3.05) is 0 Å². The molecule has 0 spiro atoms. The van der Waals surface area contributed by atoms with E-state index in [9.17, 15) is 4.39 Å². The van der Waals surface area contributed by atoms with Gasteiger partial charge in [-0.2, -0.15) is 0 Å². The molecule has 4 heteroatoms. The van der Waals surface area contributed by atoms with Gasteiger partial charge in [-0.3, -0.25) is 0 Å². The summed E-state index contributed by atoms with van der Waals surface area (Å²) in [5.41, 5.74) is 2.28. The number of aliphatic hydroxyl groups excluding tert-OH is 1. The van der Waals surface area contributed by atoms with E-state index in [1.165, 1.54) is 18.4 Å². The summed E-state index contributed by atoms with van der Waals surface area (Å²) in [4.78, 5) is 0. The van der Waals surface area contributed by atoms with Gasteiger partial charge in [0.25, 0.3) is 0 Å². The highest BCUT2D eigenvalue weighted by molar-refractivity contribution is 5.25.